The zero-order valence-electron chi connectivity index (χ0n) is 32.0. The van der Waals surface area contributed by atoms with Crippen molar-refractivity contribution in [3.63, 3.8) is 0 Å². The van der Waals surface area contributed by atoms with Gasteiger partial charge in [0.05, 0.1) is 18.8 Å². The average Bonchev–Trinajstić information content (AvgIpc) is 3.08. The second-order valence-corrected chi connectivity index (χ2v) is 14.8. The molecular weight excluding hydrogens is 645 g/mol. The fourth-order valence-electron chi connectivity index (χ4n) is 5.63. The van der Waals surface area contributed by atoms with E-state index >= 15 is 0 Å². The largest absolute Gasteiger partial charge is 0.469 e. The second kappa shape index (κ2) is 37.0. The van der Waals surface area contributed by atoms with Gasteiger partial charge in [-0.3, -0.25) is 9.32 Å². The van der Waals surface area contributed by atoms with Crippen LogP contribution in [-0.2, 0) is 13.9 Å². The lowest BCUT2D eigenvalue weighted by Crippen LogP contribution is -2.45. The molecule has 0 aromatic heterocycles. The summed E-state index contributed by atoms with van der Waals surface area (Å²) in [6.45, 7) is 4.03. The minimum Gasteiger partial charge on any atom is -0.387 e. The zero-order valence-corrected chi connectivity index (χ0v) is 32.9. The quantitative estimate of drug-likeness (QED) is 0.0291. The maximum absolute atomic E-state index is 12.5. The van der Waals surface area contributed by atoms with Crippen LogP contribution in [0.15, 0.2) is 60.8 Å². The van der Waals surface area contributed by atoms with Gasteiger partial charge < -0.3 is 20.2 Å². The third-order valence-corrected chi connectivity index (χ3v) is 9.21. The molecule has 7 nitrogen and oxygen atoms in total. The van der Waals surface area contributed by atoms with Gasteiger partial charge in [0.1, 0.15) is 0 Å². The molecule has 0 aliphatic rings. The van der Waals surface area contributed by atoms with Gasteiger partial charge in [0, 0.05) is 6.42 Å². The molecule has 0 aromatic rings. The van der Waals surface area contributed by atoms with E-state index in [1.165, 1.54) is 109 Å². The van der Waals surface area contributed by atoms with Gasteiger partial charge in [-0.15, -0.1) is 0 Å². The fraction of sp³-hybridized carbons (Fsp3) is 0.738. The Bertz CT molecular complexity index is 954. The number of carbonyl (C=O) groups excluding carboxylic acids is 1. The Labute approximate surface area is 307 Å². The average molecular weight is 722 g/mol. The molecule has 0 rings (SSSR count). The smallest absolute Gasteiger partial charge is 0.387 e. The van der Waals surface area contributed by atoms with Gasteiger partial charge in [-0.1, -0.05) is 177 Å². The van der Waals surface area contributed by atoms with Crippen molar-refractivity contribution >= 4 is 13.7 Å². The molecule has 0 spiro atoms. The lowest BCUT2D eigenvalue weighted by molar-refractivity contribution is -0.122. The molecule has 0 heterocycles. The maximum Gasteiger partial charge on any atom is 0.469 e. The van der Waals surface area contributed by atoms with Crippen molar-refractivity contribution in [2.75, 3.05) is 6.61 Å². The molecule has 0 bridgehead atoms. The van der Waals surface area contributed by atoms with E-state index in [2.05, 4.69) is 72.3 Å². The number of aliphatic hydroxyl groups is 1. The van der Waals surface area contributed by atoms with Crippen LogP contribution in [0.25, 0.3) is 0 Å². The van der Waals surface area contributed by atoms with Crippen molar-refractivity contribution in [2.45, 2.75) is 193 Å². The predicted molar refractivity (Wildman–Crippen MR) is 213 cm³/mol. The third kappa shape index (κ3) is 37.5. The summed E-state index contributed by atoms with van der Waals surface area (Å²) < 4.78 is 15.9. The van der Waals surface area contributed by atoms with Crippen LogP contribution in [0, 0.1) is 0 Å². The van der Waals surface area contributed by atoms with Crippen LogP contribution in [0.1, 0.15) is 181 Å². The highest BCUT2D eigenvalue weighted by molar-refractivity contribution is 7.46. The van der Waals surface area contributed by atoms with Gasteiger partial charge in [0.25, 0.3) is 0 Å². The van der Waals surface area contributed by atoms with Gasteiger partial charge >= 0.3 is 7.82 Å². The van der Waals surface area contributed by atoms with E-state index in [0.29, 0.717) is 6.42 Å². The second-order valence-electron chi connectivity index (χ2n) is 13.6. The topological polar surface area (TPSA) is 116 Å². The van der Waals surface area contributed by atoms with Crippen LogP contribution in [0.4, 0.5) is 0 Å². The van der Waals surface area contributed by atoms with Gasteiger partial charge in [0.2, 0.25) is 5.91 Å². The number of nitrogens with one attached hydrogen (secondary N) is 1. The van der Waals surface area contributed by atoms with Crippen molar-refractivity contribution in [3.05, 3.63) is 60.8 Å². The van der Waals surface area contributed by atoms with Gasteiger partial charge in [-0.2, -0.15) is 0 Å². The monoisotopic (exact) mass is 722 g/mol. The molecule has 2 atom stereocenters. The summed E-state index contributed by atoms with van der Waals surface area (Å²) in [5, 5.41) is 13.3. The summed E-state index contributed by atoms with van der Waals surface area (Å²) >= 11 is 0. The van der Waals surface area contributed by atoms with E-state index in [1.807, 2.05) is 6.08 Å². The number of phosphoric acid groups is 1. The first-order valence-corrected chi connectivity index (χ1v) is 21.8. The number of hydrogen-bond donors (Lipinski definition) is 4. The highest BCUT2D eigenvalue weighted by Crippen LogP contribution is 2.35. The lowest BCUT2D eigenvalue weighted by atomic mass is 10.0. The molecule has 4 N–H and O–H groups in total. The van der Waals surface area contributed by atoms with E-state index in [0.717, 1.165) is 44.9 Å². The lowest BCUT2D eigenvalue weighted by Gasteiger charge is -2.22. The highest BCUT2D eigenvalue weighted by atomic mass is 31.2. The molecule has 0 unspecified atom stereocenters. The van der Waals surface area contributed by atoms with Gasteiger partial charge in [-0.25, -0.2) is 4.57 Å². The van der Waals surface area contributed by atoms with E-state index in [-0.39, 0.29) is 12.3 Å². The molecule has 290 valence electrons. The standard InChI is InChI=1S/C42H76NO6P/c1-3-5-7-9-11-13-15-17-18-19-20-21-22-23-24-26-28-30-32-34-36-38-42(45)43-40(39-49-50(46,47)48)41(44)37-35-33-31-29-27-25-16-14-12-10-8-6-4-2/h18-19,21-22,24,26,30,32,35,37,40-41,44H,3-17,20,23,25,27-29,31,33-34,36,38-39H2,1-2H3,(H,43,45)(H2,46,47,48)/b19-18+,22-21+,26-24+,32-30+,37-35+/t40-,41+/m0/s1. The summed E-state index contributed by atoms with van der Waals surface area (Å²) in [6.07, 6.45) is 49.6. The van der Waals surface area contributed by atoms with Crippen LogP contribution in [0.3, 0.4) is 0 Å². The number of rotatable bonds is 36. The number of carbonyl (C=O) groups is 1. The number of allylic oxidation sites excluding steroid dienone is 9. The third-order valence-electron chi connectivity index (χ3n) is 8.72. The number of amides is 1. The molecule has 0 saturated heterocycles. The molecule has 0 radical (unpaired) electrons. The first-order valence-electron chi connectivity index (χ1n) is 20.2. The van der Waals surface area contributed by atoms with Gasteiger partial charge in [0.15, 0.2) is 0 Å². The molecule has 0 aliphatic carbocycles. The first-order chi connectivity index (χ1) is 24.3. The molecular formula is C42H76NO6P. The minimum absolute atomic E-state index is 0.250. The van der Waals surface area contributed by atoms with Crippen LogP contribution < -0.4 is 5.32 Å². The molecule has 0 aliphatic heterocycles. The maximum atomic E-state index is 12.5. The van der Waals surface area contributed by atoms with Crippen LogP contribution in [-0.4, -0.2) is 39.6 Å². The summed E-state index contributed by atoms with van der Waals surface area (Å²) in [5.74, 6) is -0.283. The molecule has 0 aromatic carbocycles. The van der Waals surface area contributed by atoms with Crippen molar-refractivity contribution in [1.82, 2.24) is 5.32 Å². The Kier molecular flexibility index (Phi) is 35.7. The number of phosphoric ester groups is 1. The number of hydrogen-bond acceptors (Lipinski definition) is 4. The Morgan fingerprint density at radius 3 is 1.40 bits per heavy atom. The van der Waals surface area contributed by atoms with Crippen molar-refractivity contribution in [2.24, 2.45) is 0 Å². The summed E-state index contributed by atoms with van der Waals surface area (Å²) in [7, 11) is -4.73. The Hall–Kier alpha value is -1.76. The molecule has 1 amide bonds. The number of aliphatic hydroxyl groups excluding tert-OH is 1. The summed E-state index contributed by atoms with van der Waals surface area (Å²) in [6, 6.07) is -0.940. The molecule has 50 heavy (non-hydrogen) atoms. The van der Waals surface area contributed by atoms with Crippen LogP contribution >= 0.6 is 7.82 Å². The van der Waals surface area contributed by atoms with Crippen molar-refractivity contribution < 1.29 is 28.8 Å². The highest BCUT2D eigenvalue weighted by Gasteiger charge is 2.24. The van der Waals surface area contributed by atoms with E-state index in [1.54, 1.807) is 6.08 Å². The zero-order chi connectivity index (χ0) is 36.8. The van der Waals surface area contributed by atoms with Crippen molar-refractivity contribution in [1.29, 1.82) is 0 Å². The summed E-state index contributed by atoms with van der Waals surface area (Å²) in [4.78, 5) is 30.8. The SMILES string of the molecule is CCCCCCCCC/C=C/C/C=C/C/C=C/C/C=C/CCCC(=O)N[C@@H](COP(=O)(O)O)[C@H](O)/C=C/CCCCCCCCCCCCC. The van der Waals surface area contributed by atoms with E-state index < -0.39 is 26.6 Å². The Morgan fingerprint density at radius 1 is 0.580 bits per heavy atom. The number of unbranched alkanes of at least 4 members (excludes halogenated alkanes) is 19. The minimum atomic E-state index is -4.73. The Morgan fingerprint density at radius 2 is 0.960 bits per heavy atom. The van der Waals surface area contributed by atoms with Crippen LogP contribution in [0.5, 0.6) is 0 Å². The predicted octanol–water partition coefficient (Wildman–Crippen LogP) is 11.9. The van der Waals surface area contributed by atoms with Crippen molar-refractivity contribution in [3.8, 4) is 0 Å². The fourth-order valence-corrected chi connectivity index (χ4v) is 5.98. The van der Waals surface area contributed by atoms with E-state index in [9.17, 15) is 14.5 Å². The van der Waals surface area contributed by atoms with Crippen LogP contribution in [0.2, 0.25) is 0 Å². The molecule has 0 saturated carbocycles. The molecule has 0 fully saturated rings. The van der Waals surface area contributed by atoms with E-state index in [4.69, 9.17) is 9.79 Å². The van der Waals surface area contributed by atoms with Gasteiger partial charge in [-0.05, 0) is 57.8 Å². The summed E-state index contributed by atoms with van der Waals surface area (Å²) in [5.41, 5.74) is 0. The first kappa shape index (κ1) is 48.2. The Balaban J connectivity index is 4.12. The molecule has 8 heteroatoms. The normalized spacial score (nSPS) is 13.9.